The lowest BCUT2D eigenvalue weighted by Gasteiger charge is -2.09. The second kappa shape index (κ2) is 5.48. The molecule has 0 aliphatic carbocycles. The molecule has 0 bridgehead atoms. The van der Waals surface area contributed by atoms with Crippen molar-refractivity contribution < 1.29 is 4.39 Å². The highest BCUT2D eigenvalue weighted by Crippen LogP contribution is 2.17. The van der Waals surface area contributed by atoms with Crippen molar-refractivity contribution in [2.75, 3.05) is 11.9 Å². The van der Waals surface area contributed by atoms with Gasteiger partial charge in [-0.3, -0.25) is 0 Å². The number of hydrogen-bond acceptors (Lipinski definition) is 1. The minimum atomic E-state index is -0.158. The smallest absolute Gasteiger partial charge is 0.128 e. The molecule has 0 amide bonds. The molecule has 0 fully saturated rings. The fourth-order valence-corrected chi connectivity index (χ4v) is 1.79. The summed E-state index contributed by atoms with van der Waals surface area (Å²) in [5.41, 5.74) is 2.84. The van der Waals surface area contributed by atoms with Crippen LogP contribution in [0, 0.1) is 12.7 Å². The van der Waals surface area contributed by atoms with Gasteiger partial charge in [-0.15, -0.1) is 0 Å². The fraction of sp³-hybridized carbons (Fsp3) is 0.200. The maximum atomic E-state index is 13.3. The third-order valence-corrected chi connectivity index (χ3v) is 2.84. The summed E-state index contributed by atoms with van der Waals surface area (Å²) in [4.78, 5) is 0. The first-order chi connectivity index (χ1) is 8.27. The van der Waals surface area contributed by atoms with Crippen LogP contribution in [0.1, 0.15) is 11.1 Å². The molecular formula is C15H16FN. The normalized spacial score (nSPS) is 10.2. The summed E-state index contributed by atoms with van der Waals surface area (Å²) < 4.78 is 13.3. The van der Waals surface area contributed by atoms with E-state index in [1.54, 1.807) is 13.0 Å². The fourth-order valence-electron chi connectivity index (χ4n) is 1.79. The average molecular weight is 229 g/mol. The molecule has 2 aromatic rings. The molecule has 0 radical (unpaired) electrons. The van der Waals surface area contributed by atoms with E-state index in [4.69, 9.17) is 0 Å². The zero-order valence-corrected chi connectivity index (χ0v) is 9.91. The van der Waals surface area contributed by atoms with Gasteiger partial charge in [0.2, 0.25) is 0 Å². The summed E-state index contributed by atoms with van der Waals surface area (Å²) in [6.07, 6.45) is 0.941. The molecule has 0 aromatic heterocycles. The Bertz CT molecular complexity index is 480. The lowest BCUT2D eigenvalue weighted by molar-refractivity contribution is 0.619. The summed E-state index contributed by atoms with van der Waals surface area (Å²) in [6, 6.07) is 15.4. The summed E-state index contributed by atoms with van der Waals surface area (Å²) in [6.45, 7) is 2.61. The Morgan fingerprint density at radius 3 is 2.53 bits per heavy atom. The van der Waals surface area contributed by atoms with E-state index >= 15 is 0 Å². The highest BCUT2D eigenvalue weighted by atomic mass is 19.1. The van der Waals surface area contributed by atoms with Crippen LogP contribution in [0.15, 0.2) is 48.5 Å². The first kappa shape index (κ1) is 11.6. The van der Waals surface area contributed by atoms with Gasteiger partial charge < -0.3 is 5.32 Å². The van der Waals surface area contributed by atoms with Crippen LogP contribution in [0.3, 0.4) is 0 Å². The lowest BCUT2D eigenvalue weighted by Crippen LogP contribution is -2.06. The van der Waals surface area contributed by atoms with E-state index in [1.807, 2.05) is 24.3 Å². The van der Waals surface area contributed by atoms with E-state index in [0.29, 0.717) is 5.56 Å². The van der Waals surface area contributed by atoms with E-state index in [-0.39, 0.29) is 5.82 Å². The van der Waals surface area contributed by atoms with E-state index in [1.165, 1.54) is 11.6 Å². The van der Waals surface area contributed by atoms with E-state index < -0.39 is 0 Å². The van der Waals surface area contributed by atoms with Crippen LogP contribution in [0.4, 0.5) is 10.1 Å². The average Bonchev–Trinajstić information content (AvgIpc) is 2.36. The quantitative estimate of drug-likeness (QED) is 0.841. The Kier molecular flexibility index (Phi) is 3.76. The van der Waals surface area contributed by atoms with Gasteiger partial charge in [-0.25, -0.2) is 4.39 Å². The molecular weight excluding hydrogens is 213 g/mol. The zero-order valence-electron chi connectivity index (χ0n) is 9.91. The summed E-state index contributed by atoms with van der Waals surface area (Å²) in [5.74, 6) is -0.158. The monoisotopic (exact) mass is 229 g/mol. The van der Waals surface area contributed by atoms with E-state index in [2.05, 4.69) is 17.4 Å². The number of benzene rings is 2. The highest BCUT2D eigenvalue weighted by Gasteiger charge is 2.02. The molecule has 88 valence electrons. The Hall–Kier alpha value is -1.83. The summed E-state index contributed by atoms with van der Waals surface area (Å²) >= 11 is 0. The van der Waals surface area contributed by atoms with Crippen molar-refractivity contribution in [3.05, 3.63) is 65.5 Å². The van der Waals surface area contributed by atoms with Gasteiger partial charge in [0, 0.05) is 17.8 Å². The molecule has 1 nitrogen and oxygen atoms in total. The minimum absolute atomic E-state index is 0.158. The molecule has 2 rings (SSSR count). The molecule has 0 aliphatic heterocycles. The molecule has 0 atom stereocenters. The zero-order chi connectivity index (χ0) is 12.1. The van der Waals surface area contributed by atoms with Gasteiger partial charge in [0.15, 0.2) is 0 Å². The molecule has 0 aliphatic rings. The molecule has 17 heavy (non-hydrogen) atoms. The Morgan fingerprint density at radius 2 is 1.76 bits per heavy atom. The van der Waals surface area contributed by atoms with Crippen molar-refractivity contribution in [1.82, 2.24) is 0 Å². The van der Waals surface area contributed by atoms with Gasteiger partial charge in [0.25, 0.3) is 0 Å². The standard InChI is InChI=1S/C15H16FN/c1-12-14(16)8-5-9-15(12)17-11-10-13-6-3-2-4-7-13/h2-9,17H,10-11H2,1H3. The number of anilines is 1. The topological polar surface area (TPSA) is 12.0 Å². The Labute approximate surface area is 101 Å². The second-order valence-corrected chi connectivity index (χ2v) is 4.07. The van der Waals surface area contributed by atoms with Crippen LogP contribution in [-0.4, -0.2) is 6.54 Å². The molecule has 1 N–H and O–H groups in total. The number of nitrogens with one attached hydrogen (secondary N) is 1. The summed E-state index contributed by atoms with van der Waals surface area (Å²) in [7, 11) is 0. The van der Waals surface area contributed by atoms with Gasteiger partial charge in [-0.1, -0.05) is 36.4 Å². The minimum Gasteiger partial charge on any atom is -0.384 e. The third-order valence-electron chi connectivity index (χ3n) is 2.84. The maximum absolute atomic E-state index is 13.3. The predicted molar refractivity (Wildman–Crippen MR) is 69.8 cm³/mol. The van der Waals surface area contributed by atoms with Crippen molar-refractivity contribution >= 4 is 5.69 Å². The third kappa shape index (κ3) is 3.06. The molecule has 2 heteroatoms. The number of rotatable bonds is 4. The molecule has 0 saturated carbocycles. The van der Waals surface area contributed by atoms with Gasteiger partial charge in [-0.2, -0.15) is 0 Å². The molecule has 0 heterocycles. The van der Waals surface area contributed by atoms with Gasteiger partial charge in [0.1, 0.15) is 5.82 Å². The lowest BCUT2D eigenvalue weighted by atomic mass is 10.1. The van der Waals surface area contributed by atoms with Crippen molar-refractivity contribution in [2.24, 2.45) is 0 Å². The van der Waals surface area contributed by atoms with Crippen molar-refractivity contribution in [2.45, 2.75) is 13.3 Å². The van der Waals surface area contributed by atoms with Crippen LogP contribution < -0.4 is 5.32 Å². The second-order valence-electron chi connectivity index (χ2n) is 4.07. The molecule has 0 saturated heterocycles. The molecule has 2 aromatic carbocycles. The largest absolute Gasteiger partial charge is 0.384 e. The number of hydrogen-bond donors (Lipinski definition) is 1. The van der Waals surface area contributed by atoms with E-state index in [9.17, 15) is 4.39 Å². The van der Waals surface area contributed by atoms with Crippen LogP contribution >= 0.6 is 0 Å². The van der Waals surface area contributed by atoms with Crippen LogP contribution in [0.2, 0.25) is 0 Å². The van der Waals surface area contributed by atoms with Gasteiger partial charge >= 0.3 is 0 Å². The molecule has 0 spiro atoms. The van der Waals surface area contributed by atoms with Crippen LogP contribution in [0.25, 0.3) is 0 Å². The highest BCUT2D eigenvalue weighted by molar-refractivity contribution is 5.50. The Morgan fingerprint density at radius 1 is 1.00 bits per heavy atom. The summed E-state index contributed by atoms with van der Waals surface area (Å²) in [5, 5.41) is 3.26. The van der Waals surface area contributed by atoms with Crippen molar-refractivity contribution in [3.8, 4) is 0 Å². The van der Waals surface area contributed by atoms with Crippen molar-refractivity contribution in [3.63, 3.8) is 0 Å². The van der Waals surface area contributed by atoms with Gasteiger partial charge in [0.05, 0.1) is 0 Å². The first-order valence-corrected chi connectivity index (χ1v) is 5.80. The van der Waals surface area contributed by atoms with Crippen molar-refractivity contribution in [1.29, 1.82) is 0 Å². The van der Waals surface area contributed by atoms with Crippen LogP contribution in [-0.2, 0) is 6.42 Å². The first-order valence-electron chi connectivity index (χ1n) is 5.80. The number of halogens is 1. The van der Waals surface area contributed by atoms with Crippen LogP contribution in [0.5, 0.6) is 0 Å². The SMILES string of the molecule is Cc1c(F)cccc1NCCc1ccccc1. The maximum Gasteiger partial charge on any atom is 0.128 e. The van der Waals surface area contributed by atoms with E-state index in [0.717, 1.165) is 18.7 Å². The molecule has 0 unspecified atom stereocenters. The van der Waals surface area contributed by atoms with Gasteiger partial charge in [-0.05, 0) is 31.0 Å². The predicted octanol–water partition coefficient (Wildman–Crippen LogP) is 3.79. The Balaban J connectivity index is 1.93.